The zero-order valence-electron chi connectivity index (χ0n) is 37.1. The van der Waals surface area contributed by atoms with Crippen LogP contribution in [0, 0.1) is 56.7 Å². The maximum absolute atomic E-state index is 14.8. The predicted octanol–water partition coefficient (Wildman–Crippen LogP) is 10.2. The standard InChI is InChI=1S/C51H73FN2O4S/c1-34(2)39-17-24-51(53-27-28-54-30-38-29-37(54)32-59(38,56)57)26-25-48(6)41(44(39)51)13-14-43-47(5)20-18-40(46(3,4)42(47)19-21-49(43,48)7)36-15-22-50(33-52,23-16-36)45(55)58-31-35-11-9-8-10-12-35/h8-12,15,18,37-39,41-44,53H,1,13-14,16-17,19-33H2,2-7H3/t37-,38-,39-,41+,42-,43+,44+,47-,48+,49+,50-,51-/m0/s1. The maximum atomic E-state index is 14.8. The van der Waals surface area contributed by atoms with Crippen LogP contribution in [0.2, 0.25) is 0 Å². The van der Waals surface area contributed by atoms with Crippen LogP contribution in [0.5, 0.6) is 0 Å². The van der Waals surface area contributed by atoms with Crippen LogP contribution in [-0.4, -0.2) is 68.2 Å². The van der Waals surface area contributed by atoms with E-state index in [0.717, 1.165) is 38.0 Å². The number of carbonyl (C=O) groups excluding carboxylic acids is 1. The van der Waals surface area contributed by atoms with Crippen LogP contribution in [0.25, 0.3) is 0 Å². The molecule has 2 saturated heterocycles. The minimum Gasteiger partial charge on any atom is -0.460 e. The van der Waals surface area contributed by atoms with Crippen LogP contribution in [0.3, 0.4) is 0 Å². The van der Waals surface area contributed by atoms with Crippen LogP contribution in [0.15, 0.2) is 65.8 Å². The Morgan fingerprint density at radius 2 is 1.71 bits per heavy atom. The summed E-state index contributed by atoms with van der Waals surface area (Å²) in [6, 6.07) is 9.89. The van der Waals surface area contributed by atoms with Crippen LogP contribution >= 0.6 is 0 Å². The highest BCUT2D eigenvalue weighted by molar-refractivity contribution is 7.92. The minimum atomic E-state index is -2.88. The molecule has 8 heteroatoms. The van der Waals surface area contributed by atoms with Crippen LogP contribution in [0.4, 0.5) is 4.39 Å². The summed E-state index contributed by atoms with van der Waals surface area (Å²) in [6.45, 7) is 22.1. The van der Waals surface area contributed by atoms with Crippen LogP contribution in [-0.2, 0) is 26.0 Å². The number of nitrogens with zero attached hydrogens (tertiary/aromatic N) is 1. The number of nitrogens with one attached hydrogen (secondary N) is 1. The van der Waals surface area contributed by atoms with E-state index in [1.165, 1.54) is 68.1 Å². The van der Waals surface area contributed by atoms with Crippen molar-refractivity contribution < 1.29 is 22.3 Å². The number of carbonyl (C=O) groups is 1. The monoisotopic (exact) mass is 829 g/mol. The molecule has 9 rings (SSSR count). The van der Waals surface area contributed by atoms with E-state index in [9.17, 15) is 17.6 Å². The van der Waals surface area contributed by atoms with E-state index in [2.05, 4.69) is 70.5 Å². The van der Waals surface area contributed by atoms with Crippen LogP contribution in [0.1, 0.15) is 131 Å². The molecule has 0 radical (unpaired) electrons. The number of ether oxygens (including phenoxy) is 1. The molecule has 6 fully saturated rings. The topological polar surface area (TPSA) is 75.7 Å². The van der Waals surface area contributed by atoms with Gasteiger partial charge in [-0.3, -0.25) is 9.69 Å². The molecule has 12 atom stereocenters. The first kappa shape index (κ1) is 42.0. The second-order valence-corrected chi connectivity index (χ2v) is 24.9. The van der Waals surface area contributed by atoms with Crippen molar-refractivity contribution in [3.63, 3.8) is 0 Å². The Labute approximate surface area is 355 Å². The van der Waals surface area contributed by atoms with Crippen molar-refractivity contribution in [3.05, 3.63) is 71.3 Å². The number of sulfone groups is 1. The molecular formula is C51H73FN2O4S. The fourth-order valence-electron chi connectivity index (χ4n) is 16.5. The van der Waals surface area contributed by atoms with Gasteiger partial charge in [-0.15, -0.1) is 0 Å². The van der Waals surface area contributed by atoms with E-state index < -0.39 is 27.9 Å². The summed E-state index contributed by atoms with van der Waals surface area (Å²) in [5.74, 6) is 2.96. The third kappa shape index (κ3) is 6.38. The maximum Gasteiger partial charge on any atom is 0.315 e. The Morgan fingerprint density at radius 1 is 0.932 bits per heavy atom. The summed E-state index contributed by atoms with van der Waals surface area (Å²) in [4.78, 5) is 15.9. The van der Waals surface area contributed by atoms with E-state index in [-0.39, 0.29) is 45.1 Å². The fourth-order valence-corrected chi connectivity index (χ4v) is 18.6. The van der Waals surface area contributed by atoms with Crippen molar-refractivity contribution in [2.45, 2.75) is 148 Å². The summed E-state index contributed by atoms with van der Waals surface area (Å²) in [5.41, 5.74) is 4.80. The van der Waals surface area contributed by atoms with Gasteiger partial charge in [-0.25, -0.2) is 12.8 Å². The second kappa shape index (κ2) is 14.6. The Balaban J connectivity index is 0.921. The molecule has 0 aromatic heterocycles. The van der Waals surface area contributed by atoms with E-state index in [1.54, 1.807) is 0 Å². The van der Waals surface area contributed by atoms with E-state index >= 15 is 0 Å². The van der Waals surface area contributed by atoms with Crippen molar-refractivity contribution in [2.75, 3.05) is 32.1 Å². The summed E-state index contributed by atoms with van der Waals surface area (Å²) in [5, 5.41) is 4.11. The molecule has 4 saturated carbocycles. The number of halogens is 1. The molecule has 6 aliphatic carbocycles. The highest BCUT2D eigenvalue weighted by atomic mass is 32.2. The average molecular weight is 829 g/mol. The van der Waals surface area contributed by atoms with Gasteiger partial charge in [-0.1, -0.05) is 89.3 Å². The average Bonchev–Trinajstić information content (AvgIpc) is 3.88. The quantitative estimate of drug-likeness (QED) is 0.187. The number of hydrogen-bond donors (Lipinski definition) is 1. The number of allylic oxidation sites excluding steroid dienone is 5. The number of likely N-dealkylation sites (tertiary alicyclic amines) is 1. The number of benzene rings is 1. The largest absolute Gasteiger partial charge is 0.460 e. The number of rotatable bonds is 10. The van der Waals surface area contributed by atoms with Crippen molar-refractivity contribution >= 4 is 15.8 Å². The number of esters is 1. The summed E-state index contributed by atoms with van der Waals surface area (Å²) in [6.07, 6.45) is 18.3. The molecule has 0 spiro atoms. The molecule has 6 nitrogen and oxygen atoms in total. The van der Waals surface area contributed by atoms with Gasteiger partial charge in [-0.2, -0.15) is 0 Å². The van der Waals surface area contributed by atoms with Crippen molar-refractivity contribution in [2.24, 2.45) is 56.7 Å². The molecule has 0 amide bonds. The molecule has 59 heavy (non-hydrogen) atoms. The van der Waals surface area contributed by atoms with Crippen molar-refractivity contribution in [1.29, 1.82) is 0 Å². The van der Waals surface area contributed by atoms with E-state index in [4.69, 9.17) is 4.74 Å². The lowest BCUT2D eigenvalue weighted by atomic mass is 9.33. The normalized spacial score (nSPS) is 44.4. The molecule has 8 aliphatic rings. The minimum absolute atomic E-state index is 0.0113. The van der Waals surface area contributed by atoms with Gasteiger partial charge in [0, 0.05) is 31.2 Å². The summed E-state index contributed by atoms with van der Waals surface area (Å²) in [7, 11) is -2.88. The third-order valence-corrected chi connectivity index (χ3v) is 22.0. The Hall–Kier alpha value is -2.29. The number of alkyl halides is 1. The smallest absolute Gasteiger partial charge is 0.315 e. The Bertz CT molecular complexity index is 2010. The second-order valence-electron chi connectivity index (χ2n) is 22.6. The van der Waals surface area contributed by atoms with Gasteiger partial charge < -0.3 is 10.1 Å². The molecule has 324 valence electrons. The molecule has 1 aromatic rings. The van der Waals surface area contributed by atoms with Gasteiger partial charge in [0.05, 0.1) is 16.4 Å². The first-order valence-corrected chi connectivity index (χ1v) is 25.2. The highest BCUT2D eigenvalue weighted by Crippen LogP contribution is 2.76. The van der Waals surface area contributed by atoms with E-state index in [0.29, 0.717) is 54.6 Å². The fraction of sp³-hybridized carbons (Fsp3) is 0.745. The molecule has 1 aromatic carbocycles. The van der Waals surface area contributed by atoms with Gasteiger partial charge in [-0.05, 0) is 158 Å². The van der Waals surface area contributed by atoms with Gasteiger partial charge in [0.15, 0.2) is 9.84 Å². The molecule has 1 N–H and O–H groups in total. The number of hydrogen-bond acceptors (Lipinski definition) is 6. The van der Waals surface area contributed by atoms with Gasteiger partial charge in [0.25, 0.3) is 0 Å². The van der Waals surface area contributed by atoms with Crippen molar-refractivity contribution in [1.82, 2.24) is 10.2 Å². The summed E-state index contributed by atoms with van der Waals surface area (Å²) >= 11 is 0. The molecule has 2 aliphatic heterocycles. The summed E-state index contributed by atoms with van der Waals surface area (Å²) < 4.78 is 45.4. The lowest BCUT2D eigenvalue weighted by Gasteiger charge is -2.72. The predicted molar refractivity (Wildman–Crippen MR) is 235 cm³/mol. The lowest BCUT2D eigenvalue weighted by molar-refractivity contribution is -0.221. The molecule has 0 unspecified atom stereocenters. The van der Waals surface area contributed by atoms with Gasteiger partial charge in [0.1, 0.15) is 13.3 Å². The SMILES string of the molecule is C=C(C)[C@@H]1CC[C@]2(NCCN3C[C@@H]4C[C@H]3CS4(=O)=O)CC[C@]3(C)[C@H](CC[C@@H]4[C@@]5(C)CC=C(C6=CC[C@](CF)(C(=O)OCc7ccccc7)CC6)C(C)(C)[C@@H]5CC[C@]43C)[C@@H]12. The zero-order chi connectivity index (χ0) is 41.8. The van der Waals surface area contributed by atoms with Gasteiger partial charge >= 0.3 is 5.97 Å². The third-order valence-electron chi connectivity index (χ3n) is 19.8. The first-order chi connectivity index (χ1) is 27.9. The highest BCUT2D eigenvalue weighted by Gasteiger charge is 2.70. The lowest BCUT2D eigenvalue weighted by Crippen LogP contribution is -2.68. The molecule has 2 heterocycles. The van der Waals surface area contributed by atoms with Gasteiger partial charge in [0.2, 0.25) is 0 Å². The van der Waals surface area contributed by atoms with Crippen molar-refractivity contribution in [3.8, 4) is 0 Å². The van der Waals surface area contributed by atoms with Crippen LogP contribution < -0.4 is 5.32 Å². The molecular weight excluding hydrogens is 756 g/mol. The Morgan fingerprint density at radius 3 is 2.37 bits per heavy atom. The Kier molecular flexibility index (Phi) is 10.4. The first-order valence-electron chi connectivity index (χ1n) is 23.5. The molecule has 2 bridgehead atoms. The number of fused-ring (bicyclic) bond motifs is 9. The zero-order valence-corrected chi connectivity index (χ0v) is 37.9. The van der Waals surface area contributed by atoms with E-state index in [1.807, 2.05) is 30.3 Å².